The Hall–Kier alpha value is -4.40. The number of carbonyl (C=O) groups excluding carboxylic acids is 5. The van der Waals surface area contributed by atoms with E-state index < -0.39 is 48.9 Å². The molecule has 6 rings (SSSR count). The average Bonchev–Trinajstić information content (AvgIpc) is 3.85. The van der Waals surface area contributed by atoms with E-state index in [1.54, 1.807) is 51.0 Å². The molecular formula is C44H62FN3O11. The molecule has 4 aliphatic rings. The lowest BCUT2D eigenvalue weighted by atomic mass is 9.75. The fraction of sp³-hybridized carbons (Fsp3) is 0.705. The van der Waals surface area contributed by atoms with Gasteiger partial charge in [0.25, 0.3) is 0 Å². The molecule has 3 amide bonds. The SMILES string of the molecule is CO[C@H]1CC[C@H]([C@@H]2CCN(C(=O)[C@H]3CC[C@H]([C@@H](CF)NC(=O)OC(C)(C)C)CC3)[C@@H]2C(=O)Nc2ccc3oc(C(=O)OC(C)OC(=O)OC4CCCCC4)cc3c2)CC1. The predicted octanol–water partition coefficient (Wildman–Crippen LogP) is 8.45. The number of hydrogen-bond donors (Lipinski definition) is 2. The highest BCUT2D eigenvalue weighted by Gasteiger charge is 2.47. The fourth-order valence-electron chi connectivity index (χ4n) is 9.54. The Bertz CT molecular complexity index is 1770. The Labute approximate surface area is 345 Å². The number of nitrogens with zero attached hydrogens (tertiary/aromatic N) is 1. The van der Waals surface area contributed by atoms with Gasteiger partial charge in [-0.15, -0.1) is 0 Å². The second kappa shape index (κ2) is 19.8. The minimum atomic E-state index is -1.21. The van der Waals surface area contributed by atoms with Crippen LogP contribution in [0.25, 0.3) is 11.0 Å². The number of ether oxygens (including phenoxy) is 5. The topological polar surface area (TPSA) is 172 Å². The van der Waals surface area contributed by atoms with Crippen molar-refractivity contribution in [1.82, 2.24) is 10.2 Å². The van der Waals surface area contributed by atoms with E-state index in [0.29, 0.717) is 55.3 Å². The molecule has 0 radical (unpaired) electrons. The number of methoxy groups -OCH3 is 1. The minimum Gasteiger partial charge on any atom is -0.449 e. The van der Waals surface area contributed by atoms with Gasteiger partial charge in [0, 0.05) is 37.6 Å². The molecule has 1 aromatic heterocycles. The van der Waals surface area contributed by atoms with Crippen molar-refractivity contribution in [1.29, 1.82) is 0 Å². The summed E-state index contributed by atoms with van der Waals surface area (Å²) in [6.45, 7) is 6.41. The molecule has 1 unspecified atom stereocenters. The van der Waals surface area contributed by atoms with Crippen LogP contribution >= 0.6 is 0 Å². The van der Waals surface area contributed by atoms with Crippen molar-refractivity contribution in [3.05, 3.63) is 30.0 Å². The Morgan fingerprint density at radius 2 is 1.59 bits per heavy atom. The summed E-state index contributed by atoms with van der Waals surface area (Å²) in [4.78, 5) is 68.0. The van der Waals surface area contributed by atoms with E-state index in [1.165, 1.54) is 13.0 Å². The van der Waals surface area contributed by atoms with Crippen molar-refractivity contribution in [3.63, 3.8) is 0 Å². The maximum absolute atomic E-state index is 14.4. The van der Waals surface area contributed by atoms with E-state index in [2.05, 4.69) is 10.6 Å². The fourth-order valence-corrected chi connectivity index (χ4v) is 9.54. The zero-order chi connectivity index (χ0) is 42.3. The molecule has 59 heavy (non-hydrogen) atoms. The number of furan rings is 1. The van der Waals surface area contributed by atoms with Crippen LogP contribution in [-0.2, 0) is 33.3 Å². The second-order valence-corrected chi connectivity index (χ2v) is 17.8. The number of rotatable bonds is 12. The number of benzene rings is 1. The number of fused-ring (bicyclic) bond motifs is 1. The first kappa shape index (κ1) is 44.2. The summed E-state index contributed by atoms with van der Waals surface area (Å²) < 4.78 is 46.7. The molecule has 0 spiro atoms. The number of amides is 3. The van der Waals surface area contributed by atoms with Gasteiger partial charge < -0.3 is 43.6 Å². The molecule has 15 heteroatoms. The van der Waals surface area contributed by atoms with E-state index in [4.69, 9.17) is 28.1 Å². The predicted molar refractivity (Wildman–Crippen MR) is 215 cm³/mol. The first-order valence-electron chi connectivity index (χ1n) is 21.5. The van der Waals surface area contributed by atoms with Crippen LogP contribution in [0.2, 0.25) is 0 Å². The smallest absolute Gasteiger partial charge is 0.449 e. The molecule has 0 bridgehead atoms. The highest BCUT2D eigenvalue weighted by molar-refractivity contribution is 6.00. The molecule has 4 atom stereocenters. The van der Waals surface area contributed by atoms with Gasteiger partial charge in [-0.2, -0.15) is 0 Å². The van der Waals surface area contributed by atoms with E-state index in [9.17, 15) is 28.4 Å². The maximum atomic E-state index is 14.4. The Morgan fingerprint density at radius 3 is 2.25 bits per heavy atom. The molecule has 1 saturated heterocycles. The quantitative estimate of drug-likeness (QED) is 0.119. The molecule has 1 aliphatic heterocycles. The van der Waals surface area contributed by atoms with Gasteiger partial charge in [0.2, 0.25) is 23.9 Å². The van der Waals surface area contributed by atoms with Crippen LogP contribution in [0.4, 0.5) is 19.7 Å². The molecule has 4 fully saturated rings. The van der Waals surface area contributed by atoms with Gasteiger partial charge in [0.1, 0.15) is 30.0 Å². The molecule has 2 heterocycles. The van der Waals surface area contributed by atoms with Crippen molar-refractivity contribution in [3.8, 4) is 0 Å². The monoisotopic (exact) mass is 827 g/mol. The van der Waals surface area contributed by atoms with Gasteiger partial charge in [0.15, 0.2) is 0 Å². The van der Waals surface area contributed by atoms with E-state index >= 15 is 0 Å². The van der Waals surface area contributed by atoms with Crippen LogP contribution in [0.3, 0.4) is 0 Å². The van der Waals surface area contributed by atoms with Crippen molar-refractivity contribution in [2.45, 2.75) is 154 Å². The third kappa shape index (κ3) is 11.7. The van der Waals surface area contributed by atoms with E-state index in [0.717, 1.165) is 57.8 Å². The van der Waals surface area contributed by atoms with E-state index in [1.807, 2.05) is 0 Å². The summed E-state index contributed by atoms with van der Waals surface area (Å²) in [6.07, 6.45) is 8.37. The first-order valence-corrected chi connectivity index (χ1v) is 21.5. The molecule has 326 valence electrons. The molecule has 3 aliphatic carbocycles. The van der Waals surface area contributed by atoms with Crippen molar-refractivity contribution >= 4 is 46.7 Å². The molecule has 14 nitrogen and oxygen atoms in total. The summed E-state index contributed by atoms with van der Waals surface area (Å²) >= 11 is 0. The normalized spacial score (nSPS) is 26.4. The molecule has 2 aromatic rings. The summed E-state index contributed by atoms with van der Waals surface area (Å²) in [5, 5.41) is 6.29. The van der Waals surface area contributed by atoms with Crippen LogP contribution in [-0.4, -0.2) is 91.4 Å². The molecule has 2 N–H and O–H groups in total. The highest BCUT2D eigenvalue weighted by atomic mass is 19.1. The van der Waals surface area contributed by atoms with Gasteiger partial charge in [-0.3, -0.25) is 9.59 Å². The Balaban J connectivity index is 1.09. The van der Waals surface area contributed by atoms with Crippen molar-refractivity contribution in [2.24, 2.45) is 23.7 Å². The van der Waals surface area contributed by atoms with Crippen molar-refractivity contribution < 1.29 is 56.5 Å². The Kier molecular flexibility index (Phi) is 14.8. The number of alkyl carbamates (subject to hydrolysis) is 1. The zero-order valence-corrected chi connectivity index (χ0v) is 35.1. The van der Waals surface area contributed by atoms with Crippen LogP contribution in [0, 0.1) is 23.7 Å². The van der Waals surface area contributed by atoms with Gasteiger partial charge in [-0.25, -0.2) is 18.8 Å². The van der Waals surface area contributed by atoms with E-state index in [-0.39, 0.29) is 53.5 Å². The lowest BCUT2D eigenvalue weighted by Gasteiger charge is -2.38. The largest absolute Gasteiger partial charge is 0.511 e. The summed E-state index contributed by atoms with van der Waals surface area (Å²) in [7, 11) is 1.73. The number of alkyl halides is 1. The highest BCUT2D eigenvalue weighted by Crippen LogP contribution is 2.42. The number of nitrogens with one attached hydrogen (secondary N) is 2. The van der Waals surface area contributed by atoms with Crippen LogP contribution in [0.15, 0.2) is 28.7 Å². The number of esters is 1. The van der Waals surface area contributed by atoms with Crippen LogP contribution < -0.4 is 10.6 Å². The lowest BCUT2D eigenvalue weighted by molar-refractivity contribution is -0.142. The summed E-state index contributed by atoms with van der Waals surface area (Å²) in [6, 6.07) is 5.13. The zero-order valence-electron chi connectivity index (χ0n) is 35.1. The number of likely N-dealkylation sites (tertiary alicyclic amines) is 1. The lowest BCUT2D eigenvalue weighted by Crippen LogP contribution is -2.50. The third-order valence-corrected chi connectivity index (χ3v) is 12.5. The number of hydrogen-bond acceptors (Lipinski definition) is 11. The average molecular weight is 828 g/mol. The molecular weight excluding hydrogens is 765 g/mol. The molecule has 3 saturated carbocycles. The number of anilines is 1. The maximum Gasteiger partial charge on any atom is 0.511 e. The minimum absolute atomic E-state index is 0.0368. The van der Waals surface area contributed by atoms with Crippen LogP contribution in [0.1, 0.15) is 128 Å². The first-order chi connectivity index (χ1) is 28.2. The van der Waals surface area contributed by atoms with Crippen molar-refractivity contribution in [2.75, 3.05) is 25.6 Å². The number of halogens is 1. The van der Waals surface area contributed by atoms with Gasteiger partial charge in [0.05, 0.1) is 12.1 Å². The summed E-state index contributed by atoms with van der Waals surface area (Å²) in [5.74, 6) is -1.52. The van der Waals surface area contributed by atoms with Gasteiger partial charge >= 0.3 is 18.2 Å². The van der Waals surface area contributed by atoms with Crippen LogP contribution in [0.5, 0.6) is 0 Å². The Morgan fingerprint density at radius 1 is 0.881 bits per heavy atom. The number of carbonyl (C=O) groups is 5. The third-order valence-electron chi connectivity index (χ3n) is 12.5. The standard InChI is InChI=1S/C44H62FN3O11/c1-26(56-43(53)57-33-9-7-6-8-10-33)55-41(51)37-24-30-23-31(17-20-36(30)58-37)46-39(49)38-34(27-15-18-32(54-5)19-16-27)21-22-48(38)40(50)29-13-11-28(12-14-29)35(25-45)47-42(52)59-44(2,3)4/h17,20,23-24,26-29,32-35,38H,6-16,18-19,21-22,25H2,1-5H3,(H,46,49)(H,47,52)/t26?,27-,28-,29-,32-,34-,35+,38-/m0/s1. The van der Waals surface area contributed by atoms with Gasteiger partial charge in [-0.05, 0) is 146 Å². The van der Waals surface area contributed by atoms with Gasteiger partial charge in [-0.1, -0.05) is 6.42 Å². The second-order valence-electron chi connectivity index (χ2n) is 17.8. The molecule has 1 aromatic carbocycles. The summed E-state index contributed by atoms with van der Waals surface area (Å²) in [5.41, 5.74) is 0.155.